The van der Waals surface area contributed by atoms with Gasteiger partial charge in [-0.3, -0.25) is 4.79 Å². The number of amides is 1. The predicted molar refractivity (Wildman–Crippen MR) is 133 cm³/mol. The Hall–Kier alpha value is -4.66. The summed E-state index contributed by atoms with van der Waals surface area (Å²) in [5, 5.41) is 6.56. The first-order valence-corrected chi connectivity index (χ1v) is 11.2. The van der Waals surface area contributed by atoms with E-state index in [-0.39, 0.29) is 5.69 Å². The van der Waals surface area contributed by atoms with Crippen LogP contribution >= 0.6 is 0 Å². The van der Waals surface area contributed by atoms with E-state index < -0.39 is 36.8 Å². The van der Waals surface area contributed by atoms with Gasteiger partial charge in [0.25, 0.3) is 5.91 Å². The van der Waals surface area contributed by atoms with E-state index in [1.165, 1.54) is 18.3 Å². The van der Waals surface area contributed by atoms with E-state index in [4.69, 9.17) is 9.47 Å². The number of hydrogen-bond donors (Lipinski definition) is 0. The van der Waals surface area contributed by atoms with Crippen molar-refractivity contribution in [3.8, 4) is 5.75 Å². The zero-order chi connectivity index (χ0) is 26.3. The molecule has 0 N–H and O–H groups in total. The lowest BCUT2D eigenvalue weighted by atomic mass is 10.1. The molecule has 0 aliphatic rings. The molecule has 0 saturated carbocycles. The molecule has 0 aromatic heterocycles. The van der Waals surface area contributed by atoms with Crippen LogP contribution in [0.15, 0.2) is 102 Å². The Kier molecular flexibility index (Phi) is 7.83. The van der Waals surface area contributed by atoms with Gasteiger partial charge in [0.05, 0.1) is 17.5 Å². The van der Waals surface area contributed by atoms with Crippen molar-refractivity contribution in [2.24, 2.45) is 5.10 Å². The van der Waals surface area contributed by atoms with Crippen molar-refractivity contribution < 1.29 is 32.2 Å². The molecule has 0 spiro atoms. The second-order valence-corrected chi connectivity index (χ2v) is 7.84. The van der Waals surface area contributed by atoms with Crippen LogP contribution in [-0.2, 0) is 20.5 Å². The highest BCUT2D eigenvalue weighted by Crippen LogP contribution is 2.32. The van der Waals surface area contributed by atoms with Gasteiger partial charge in [-0.05, 0) is 35.2 Å². The molecule has 0 bridgehead atoms. The standard InChI is InChI=1S/C28H21F3N2O4/c29-28(30,31)22-12-7-13-23(16-22)33(32-17-20-8-2-1-3-9-20)26(34)18-37-27(35)19-36-25-15-6-11-21-10-4-5-14-24(21)25/h1-17H,18-19H2. The summed E-state index contributed by atoms with van der Waals surface area (Å²) in [5.74, 6) is -1.19. The largest absolute Gasteiger partial charge is 0.481 e. The number of carbonyl (C=O) groups is 2. The molecule has 37 heavy (non-hydrogen) atoms. The van der Waals surface area contributed by atoms with Crippen LogP contribution in [0.2, 0.25) is 0 Å². The Balaban J connectivity index is 1.45. The van der Waals surface area contributed by atoms with Crippen molar-refractivity contribution >= 4 is 34.6 Å². The molecular weight excluding hydrogens is 485 g/mol. The first-order valence-electron chi connectivity index (χ1n) is 11.2. The first-order chi connectivity index (χ1) is 17.8. The Morgan fingerprint density at radius 1 is 0.838 bits per heavy atom. The van der Waals surface area contributed by atoms with E-state index >= 15 is 0 Å². The number of ether oxygens (including phenoxy) is 2. The molecule has 0 radical (unpaired) electrons. The van der Waals surface area contributed by atoms with Gasteiger partial charge >= 0.3 is 12.1 Å². The number of anilines is 1. The second kappa shape index (κ2) is 11.4. The highest BCUT2D eigenvalue weighted by Gasteiger charge is 2.31. The maximum atomic E-state index is 13.2. The van der Waals surface area contributed by atoms with Gasteiger partial charge in [0.15, 0.2) is 13.2 Å². The maximum Gasteiger partial charge on any atom is 0.416 e. The van der Waals surface area contributed by atoms with Crippen LogP contribution in [0.25, 0.3) is 10.8 Å². The zero-order valence-electron chi connectivity index (χ0n) is 19.4. The highest BCUT2D eigenvalue weighted by atomic mass is 19.4. The van der Waals surface area contributed by atoms with Crippen LogP contribution in [0, 0.1) is 0 Å². The molecule has 4 rings (SSSR count). The number of fused-ring (bicyclic) bond motifs is 1. The second-order valence-electron chi connectivity index (χ2n) is 7.84. The number of alkyl halides is 3. The minimum Gasteiger partial charge on any atom is -0.481 e. The summed E-state index contributed by atoms with van der Waals surface area (Å²) in [7, 11) is 0. The fourth-order valence-corrected chi connectivity index (χ4v) is 3.46. The van der Waals surface area contributed by atoms with Crippen molar-refractivity contribution in [3.63, 3.8) is 0 Å². The predicted octanol–water partition coefficient (Wildman–Crippen LogP) is 5.85. The molecule has 0 heterocycles. The molecular formula is C28H21F3N2O4. The van der Waals surface area contributed by atoms with Crippen LogP contribution in [0.5, 0.6) is 5.75 Å². The monoisotopic (exact) mass is 506 g/mol. The van der Waals surface area contributed by atoms with Gasteiger partial charge in [0.2, 0.25) is 0 Å². The van der Waals surface area contributed by atoms with Gasteiger partial charge < -0.3 is 9.47 Å². The molecule has 0 unspecified atom stereocenters. The zero-order valence-corrected chi connectivity index (χ0v) is 19.4. The molecule has 0 saturated heterocycles. The average molecular weight is 506 g/mol. The highest BCUT2D eigenvalue weighted by molar-refractivity contribution is 5.97. The SMILES string of the molecule is O=C(COc1cccc2ccccc12)OCC(=O)N(N=Cc1ccccc1)c1cccc(C(F)(F)F)c1. The van der Waals surface area contributed by atoms with Crippen molar-refractivity contribution in [1.29, 1.82) is 0 Å². The molecule has 4 aromatic rings. The Labute approximate surface area is 210 Å². The van der Waals surface area contributed by atoms with Crippen LogP contribution in [0.1, 0.15) is 11.1 Å². The lowest BCUT2D eigenvalue weighted by Crippen LogP contribution is -2.31. The van der Waals surface area contributed by atoms with Crippen LogP contribution in [0.4, 0.5) is 18.9 Å². The lowest BCUT2D eigenvalue weighted by Gasteiger charge is -2.18. The van der Waals surface area contributed by atoms with Gasteiger partial charge in [0.1, 0.15) is 5.75 Å². The summed E-state index contributed by atoms with van der Waals surface area (Å²) < 4.78 is 50.3. The van der Waals surface area contributed by atoms with E-state index in [2.05, 4.69) is 5.10 Å². The molecule has 0 atom stereocenters. The number of esters is 1. The fraction of sp³-hybridized carbons (Fsp3) is 0.107. The van der Waals surface area contributed by atoms with Crippen LogP contribution in [0.3, 0.4) is 0 Å². The number of carbonyl (C=O) groups excluding carboxylic acids is 2. The number of benzene rings is 4. The third-order valence-electron chi connectivity index (χ3n) is 5.23. The van der Waals surface area contributed by atoms with Crippen LogP contribution in [-0.4, -0.2) is 31.3 Å². The quantitative estimate of drug-likeness (QED) is 0.171. The van der Waals surface area contributed by atoms with E-state index in [1.807, 2.05) is 30.3 Å². The van der Waals surface area contributed by atoms with E-state index in [0.29, 0.717) is 11.3 Å². The normalized spacial score (nSPS) is 11.4. The molecule has 6 nitrogen and oxygen atoms in total. The summed E-state index contributed by atoms with van der Waals surface area (Å²) >= 11 is 0. The Morgan fingerprint density at radius 3 is 2.32 bits per heavy atom. The van der Waals surface area contributed by atoms with Crippen molar-refractivity contribution in [1.82, 2.24) is 0 Å². The van der Waals surface area contributed by atoms with Crippen molar-refractivity contribution in [2.75, 3.05) is 18.2 Å². The number of rotatable bonds is 8. The molecule has 0 aliphatic carbocycles. The van der Waals surface area contributed by atoms with Gasteiger partial charge in [-0.25, -0.2) is 4.79 Å². The molecule has 0 fully saturated rings. The summed E-state index contributed by atoms with van der Waals surface area (Å²) in [6.07, 6.45) is -3.29. The molecule has 0 aliphatic heterocycles. The van der Waals surface area contributed by atoms with E-state index in [0.717, 1.165) is 27.9 Å². The Morgan fingerprint density at radius 2 is 1.54 bits per heavy atom. The minimum atomic E-state index is -4.61. The average Bonchev–Trinajstić information content (AvgIpc) is 2.91. The van der Waals surface area contributed by atoms with Gasteiger partial charge in [-0.2, -0.15) is 23.3 Å². The first kappa shape index (κ1) is 25.4. The van der Waals surface area contributed by atoms with Crippen LogP contribution < -0.4 is 9.75 Å². The van der Waals surface area contributed by atoms with E-state index in [9.17, 15) is 22.8 Å². The number of nitrogens with zero attached hydrogens (tertiary/aromatic N) is 2. The summed E-state index contributed by atoms with van der Waals surface area (Å²) in [4.78, 5) is 25.2. The van der Waals surface area contributed by atoms with Gasteiger partial charge in [0, 0.05) is 5.39 Å². The molecule has 188 valence electrons. The van der Waals surface area contributed by atoms with Crippen molar-refractivity contribution in [2.45, 2.75) is 6.18 Å². The smallest absolute Gasteiger partial charge is 0.416 e. The summed E-state index contributed by atoms with van der Waals surface area (Å²) in [6, 6.07) is 25.7. The topological polar surface area (TPSA) is 68.2 Å². The lowest BCUT2D eigenvalue weighted by molar-refractivity contribution is -0.149. The fourth-order valence-electron chi connectivity index (χ4n) is 3.46. The third kappa shape index (κ3) is 6.72. The maximum absolute atomic E-state index is 13.2. The number of hydrogen-bond acceptors (Lipinski definition) is 5. The van der Waals surface area contributed by atoms with Crippen molar-refractivity contribution in [3.05, 3.63) is 108 Å². The third-order valence-corrected chi connectivity index (χ3v) is 5.23. The minimum absolute atomic E-state index is 0.130. The molecule has 9 heteroatoms. The summed E-state index contributed by atoms with van der Waals surface area (Å²) in [5.41, 5.74) is -0.457. The summed E-state index contributed by atoms with van der Waals surface area (Å²) in [6.45, 7) is -1.21. The van der Waals surface area contributed by atoms with Gasteiger partial charge in [-0.1, -0.05) is 72.8 Å². The van der Waals surface area contributed by atoms with Gasteiger partial charge in [-0.15, -0.1) is 0 Å². The molecule has 1 amide bonds. The van der Waals surface area contributed by atoms with E-state index in [1.54, 1.807) is 42.5 Å². The number of hydrazone groups is 1. The molecule has 4 aromatic carbocycles. The number of halogens is 3. The Bertz CT molecular complexity index is 1420.